The summed E-state index contributed by atoms with van der Waals surface area (Å²) >= 11 is 0. The average molecular weight is 330 g/mol. The molecule has 0 radical (unpaired) electrons. The van der Waals surface area contributed by atoms with E-state index in [1.807, 2.05) is 0 Å². The third-order valence-corrected chi connectivity index (χ3v) is 5.25. The second-order valence-electron chi connectivity index (χ2n) is 6.56. The maximum Gasteiger partial charge on any atom is 0.175 e. The maximum absolute atomic E-state index is 5.68. The second kappa shape index (κ2) is 7.22. The maximum atomic E-state index is 5.68. The summed E-state index contributed by atoms with van der Waals surface area (Å²) in [6.45, 7) is 3.62. The molecule has 3 aromatic rings. The molecule has 1 fully saturated rings. The van der Waals surface area contributed by atoms with Gasteiger partial charge in [-0.25, -0.2) is 0 Å². The van der Waals surface area contributed by atoms with Crippen molar-refractivity contribution in [3.05, 3.63) is 108 Å². The molecule has 4 rings (SSSR count). The Morgan fingerprint density at radius 1 is 0.560 bits per heavy atom. The van der Waals surface area contributed by atoms with Crippen molar-refractivity contribution in [1.82, 2.24) is 0 Å². The first kappa shape index (κ1) is 16.1. The Labute approximate surface area is 149 Å². The summed E-state index contributed by atoms with van der Waals surface area (Å²) in [5.41, 5.74) is 3.80. The van der Waals surface area contributed by atoms with E-state index in [2.05, 4.69) is 91.0 Å². The first-order chi connectivity index (χ1) is 12.4. The van der Waals surface area contributed by atoms with E-state index in [0.717, 1.165) is 26.3 Å². The van der Waals surface area contributed by atoms with Gasteiger partial charge in [0.1, 0.15) is 13.1 Å². The zero-order valence-electron chi connectivity index (χ0n) is 14.4. The van der Waals surface area contributed by atoms with Crippen molar-refractivity contribution < 1.29 is 9.64 Å². The molecule has 1 saturated heterocycles. The van der Waals surface area contributed by atoms with Crippen LogP contribution in [0.5, 0.6) is 0 Å². The molecule has 0 bridgehead atoms. The summed E-state index contributed by atoms with van der Waals surface area (Å²) in [4.78, 5) is 1.54. The van der Waals surface area contributed by atoms with E-state index in [0.29, 0.717) is 0 Å². The predicted octanol–water partition coefficient (Wildman–Crippen LogP) is 2.89. The predicted molar refractivity (Wildman–Crippen MR) is 101 cm³/mol. The Balaban J connectivity index is 2.01. The Kier molecular flexibility index (Phi) is 4.64. The summed E-state index contributed by atoms with van der Waals surface area (Å²) in [6, 6.07) is 32.8. The Morgan fingerprint density at radius 3 is 1.28 bits per heavy atom. The fraction of sp³-hybridized carbons (Fsp3) is 0.217. The van der Waals surface area contributed by atoms with Crippen LogP contribution in [0.15, 0.2) is 91.0 Å². The Bertz CT molecular complexity index is 683. The van der Waals surface area contributed by atoms with E-state index >= 15 is 0 Å². The van der Waals surface area contributed by atoms with Gasteiger partial charge in [0.05, 0.1) is 13.2 Å². The van der Waals surface area contributed by atoms with Crippen LogP contribution in [0, 0.1) is 0 Å². The number of ether oxygens (including phenoxy) is 1. The molecule has 1 heterocycles. The van der Waals surface area contributed by atoms with E-state index < -0.39 is 0 Å². The molecule has 0 atom stereocenters. The smallest absolute Gasteiger partial charge is 0.175 e. The zero-order valence-corrected chi connectivity index (χ0v) is 14.4. The first-order valence-electron chi connectivity index (χ1n) is 9.02. The van der Waals surface area contributed by atoms with E-state index in [1.54, 1.807) is 4.90 Å². The van der Waals surface area contributed by atoms with E-state index in [1.165, 1.54) is 16.7 Å². The van der Waals surface area contributed by atoms with Gasteiger partial charge in [0.25, 0.3) is 0 Å². The van der Waals surface area contributed by atoms with Crippen molar-refractivity contribution in [2.24, 2.45) is 0 Å². The number of hydrogen-bond donors (Lipinski definition) is 1. The van der Waals surface area contributed by atoms with Gasteiger partial charge in [0.2, 0.25) is 0 Å². The van der Waals surface area contributed by atoms with Crippen molar-refractivity contribution in [3.63, 3.8) is 0 Å². The third kappa shape index (κ3) is 2.88. The standard InChI is InChI=1S/C23H23NO/c1-4-10-20(11-5-1)23(21-12-6-2-7-13-21,22-14-8-3-9-15-22)24-16-18-25-19-17-24/h1-15H,16-19H2/p+1. The second-order valence-corrected chi connectivity index (χ2v) is 6.56. The van der Waals surface area contributed by atoms with Crippen LogP contribution in [0.4, 0.5) is 0 Å². The van der Waals surface area contributed by atoms with Crippen molar-refractivity contribution in [2.45, 2.75) is 5.54 Å². The molecule has 126 valence electrons. The minimum absolute atomic E-state index is 0.215. The monoisotopic (exact) mass is 330 g/mol. The van der Waals surface area contributed by atoms with Gasteiger partial charge < -0.3 is 9.64 Å². The van der Waals surface area contributed by atoms with Crippen molar-refractivity contribution in [1.29, 1.82) is 0 Å². The quantitative estimate of drug-likeness (QED) is 0.726. The lowest BCUT2D eigenvalue weighted by molar-refractivity contribution is -0.954. The van der Waals surface area contributed by atoms with E-state index in [-0.39, 0.29) is 5.54 Å². The Hall–Kier alpha value is -2.42. The fourth-order valence-electron chi connectivity index (χ4n) is 4.17. The lowest BCUT2D eigenvalue weighted by Gasteiger charge is -2.43. The molecular weight excluding hydrogens is 306 g/mol. The highest BCUT2D eigenvalue weighted by atomic mass is 16.5. The van der Waals surface area contributed by atoms with Crippen LogP contribution in [0.3, 0.4) is 0 Å². The van der Waals surface area contributed by atoms with Gasteiger partial charge in [-0.2, -0.15) is 0 Å². The SMILES string of the molecule is c1ccc(C(c2ccccc2)(c2ccccc2)[NH+]2CCOCC2)cc1. The molecule has 0 saturated carbocycles. The number of nitrogens with one attached hydrogen (secondary N) is 1. The van der Waals surface area contributed by atoms with Gasteiger partial charge >= 0.3 is 0 Å². The molecular formula is C23H24NO+. The highest BCUT2D eigenvalue weighted by Crippen LogP contribution is 2.34. The van der Waals surface area contributed by atoms with Gasteiger partial charge in [0.15, 0.2) is 5.54 Å². The molecule has 25 heavy (non-hydrogen) atoms. The fourth-order valence-corrected chi connectivity index (χ4v) is 4.17. The summed E-state index contributed by atoms with van der Waals surface area (Å²) in [5, 5.41) is 0. The first-order valence-corrected chi connectivity index (χ1v) is 9.02. The molecule has 2 heteroatoms. The van der Waals surface area contributed by atoms with Crippen LogP contribution in [0.1, 0.15) is 16.7 Å². The van der Waals surface area contributed by atoms with E-state index in [9.17, 15) is 0 Å². The highest BCUT2D eigenvalue weighted by molar-refractivity contribution is 5.46. The van der Waals surface area contributed by atoms with Crippen LogP contribution in [-0.4, -0.2) is 26.3 Å². The van der Waals surface area contributed by atoms with Gasteiger partial charge in [-0.05, 0) is 0 Å². The van der Waals surface area contributed by atoms with Crippen molar-refractivity contribution in [3.8, 4) is 0 Å². The summed E-state index contributed by atoms with van der Waals surface area (Å²) < 4.78 is 5.68. The molecule has 0 aromatic heterocycles. The molecule has 0 spiro atoms. The minimum Gasteiger partial charge on any atom is -0.370 e. The molecule has 1 aliphatic rings. The van der Waals surface area contributed by atoms with Crippen LogP contribution in [0.2, 0.25) is 0 Å². The number of morpholine rings is 1. The summed E-state index contributed by atoms with van der Waals surface area (Å²) in [7, 11) is 0. The normalized spacial score (nSPS) is 15.8. The lowest BCUT2D eigenvalue weighted by atomic mass is 9.75. The largest absolute Gasteiger partial charge is 0.370 e. The highest BCUT2D eigenvalue weighted by Gasteiger charge is 2.46. The molecule has 0 unspecified atom stereocenters. The molecule has 3 aromatic carbocycles. The van der Waals surface area contributed by atoms with Gasteiger partial charge in [-0.15, -0.1) is 0 Å². The lowest BCUT2D eigenvalue weighted by Crippen LogP contribution is -3.20. The van der Waals surface area contributed by atoms with Gasteiger partial charge in [0, 0.05) is 16.7 Å². The number of rotatable bonds is 4. The number of hydrogen-bond acceptors (Lipinski definition) is 1. The molecule has 2 nitrogen and oxygen atoms in total. The van der Waals surface area contributed by atoms with E-state index in [4.69, 9.17) is 4.74 Å². The molecule has 1 N–H and O–H groups in total. The van der Waals surface area contributed by atoms with Crippen molar-refractivity contribution in [2.75, 3.05) is 26.3 Å². The van der Waals surface area contributed by atoms with Crippen molar-refractivity contribution >= 4 is 0 Å². The van der Waals surface area contributed by atoms with Crippen LogP contribution in [-0.2, 0) is 10.3 Å². The summed E-state index contributed by atoms with van der Waals surface area (Å²) in [6.07, 6.45) is 0. The molecule has 0 aliphatic carbocycles. The number of benzene rings is 3. The average Bonchev–Trinajstić information content (AvgIpc) is 2.72. The molecule has 1 aliphatic heterocycles. The van der Waals surface area contributed by atoms with Crippen LogP contribution < -0.4 is 4.90 Å². The Morgan fingerprint density at radius 2 is 0.920 bits per heavy atom. The van der Waals surface area contributed by atoms with Crippen LogP contribution >= 0.6 is 0 Å². The summed E-state index contributed by atoms with van der Waals surface area (Å²) in [5.74, 6) is 0. The number of quaternary nitrogens is 1. The minimum atomic E-state index is -0.215. The van der Waals surface area contributed by atoms with Gasteiger partial charge in [-0.1, -0.05) is 91.0 Å². The van der Waals surface area contributed by atoms with Crippen LogP contribution in [0.25, 0.3) is 0 Å². The van der Waals surface area contributed by atoms with Gasteiger partial charge in [-0.3, -0.25) is 0 Å². The topological polar surface area (TPSA) is 13.7 Å². The zero-order chi connectivity index (χ0) is 17.0. The third-order valence-electron chi connectivity index (χ3n) is 5.25. The molecule has 0 amide bonds.